The van der Waals surface area contributed by atoms with Crippen molar-refractivity contribution >= 4 is 40.8 Å². The third kappa shape index (κ3) is 2.32. The van der Waals surface area contributed by atoms with Crippen LogP contribution in [0.25, 0.3) is 0 Å². The molecule has 1 aromatic rings. The van der Waals surface area contributed by atoms with E-state index in [1.165, 1.54) is 7.11 Å². The number of halogens is 2. The Morgan fingerprint density at radius 3 is 2.53 bits per heavy atom. The van der Waals surface area contributed by atoms with E-state index in [2.05, 4.69) is 15.0 Å². The van der Waals surface area contributed by atoms with Gasteiger partial charge in [0.05, 0.1) is 18.2 Å². The minimum absolute atomic E-state index is 0.201. The van der Waals surface area contributed by atoms with Gasteiger partial charge in [0.25, 0.3) is 0 Å². The van der Waals surface area contributed by atoms with Gasteiger partial charge in [0.2, 0.25) is 5.91 Å². The maximum Gasteiger partial charge on any atom is 0.356 e. The van der Waals surface area contributed by atoms with Crippen molar-refractivity contribution in [3.05, 3.63) is 17.5 Å². The van der Waals surface area contributed by atoms with Crippen molar-refractivity contribution in [3.8, 4) is 0 Å². The number of aryl methyl sites for hydroxylation is 1. The number of ether oxygens (including phenoxy) is 1. The number of methoxy groups -OCH3 is 1. The third-order valence-electron chi connectivity index (χ3n) is 3.35. The van der Waals surface area contributed by atoms with E-state index in [1.807, 2.05) is 0 Å². The van der Waals surface area contributed by atoms with Crippen molar-refractivity contribution in [1.29, 1.82) is 0 Å². The summed E-state index contributed by atoms with van der Waals surface area (Å²) in [5.41, 5.74) is 0.466. The molecule has 104 valence electrons. The molecule has 1 aliphatic rings. The van der Waals surface area contributed by atoms with E-state index < -0.39 is 15.7 Å². The normalized spacial score (nSPS) is 23.8. The smallest absolute Gasteiger partial charge is 0.356 e. The number of alkyl halides is 2. The lowest BCUT2D eigenvalue weighted by molar-refractivity contribution is -0.120. The fourth-order valence-electron chi connectivity index (χ4n) is 1.86. The van der Waals surface area contributed by atoms with Crippen LogP contribution in [0.3, 0.4) is 0 Å². The van der Waals surface area contributed by atoms with Gasteiger partial charge in [0, 0.05) is 5.69 Å². The van der Waals surface area contributed by atoms with E-state index in [0.717, 1.165) is 5.69 Å². The highest BCUT2D eigenvalue weighted by molar-refractivity contribution is 6.53. The van der Waals surface area contributed by atoms with Crippen molar-refractivity contribution < 1.29 is 14.3 Å². The van der Waals surface area contributed by atoms with Crippen molar-refractivity contribution in [1.82, 2.24) is 4.98 Å². The lowest BCUT2D eigenvalue weighted by atomic mass is 10.1. The molecular formula is C12H14Cl2N2O3. The molecule has 1 fully saturated rings. The van der Waals surface area contributed by atoms with Gasteiger partial charge in [0.15, 0.2) is 0 Å². The number of rotatable bonds is 3. The number of hydrogen-bond acceptors (Lipinski definition) is 3. The van der Waals surface area contributed by atoms with E-state index >= 15 is 0 Å². The topological polar surface area (TPSA) is 71.2 Å². The molecule has 7 heteroatoms. The zero-order valence-corrected chi connectivity index (χ0v) is 12.3. The summed E-state index contributed by atoms with van der Waals surface area (Å²) in [6.45, 7) is 3.45. The molecule has 1 saturated carbocycles. The Hall–Kier alpha value is -1.20. The molecule has 0 spiro atoms. The van der Waals surface area contributed by atoms with E-state index in [4.69, 9.17) is 23.2 Å². The van der Waals surface area contributed by atoms with Crippen molar-refractivity contribution in [3.63, 3.8) is 0 Å². The zero-order chi connectivity index (χ0) is 14.4. The predicted molar refractivity (Wildman–Crippen MR) is 72.7 cm³/mol. The number of amides is 1. The van der Waals surface area contributed by atoms with Gasteiger partial charge in [-0.15, -0.1) is 23.2 Å². The van der Waals surface area contributed by atoms with Crippen molar-refractivity contribution in [2.75, 3.05) is 12.4 Å². The first-order valence-electron chi connectivity index (χ1n) is 5.68. The lowest BCUT2D eigenvalue weighted by Crippen LogP contribution is -2.26. The SMILES string of the molecule is COC(=O)c1[nH]c(C)cc1NC(=O)[C@]1(C)CC1(Cl)Cl. The molecule has 0 radical (unpaired) electrons. The van der Waals surface area contributed by atoms with Crippen LogP contribution < -0.4 is 5.32 Å². The van der Waals surface area contributed by atoms with Crippen LogP contribution in [0.2, 0.25) is 0 Å². The maximum absolute atomic E-state index is 12.1. The number of anilines is 1. The number of carbonyl (C=O) groups is 2. The molecular weight excluding hydrogens is 291 g/mol. The van der Waals surface area contributed by atoms with E-state index in [0.29, 0.717) is 12.1 Å². The first-order chi connectivity index (χ1) is 8.71. The summed E-state index contributed by atoms with van der Waals surface area (Å²) in [5.74, 6) is -0.867. The Labute approximate surface area is 120 Å². The van der Waals surface area contributed by atoms with Gasteiger partial charge >= 0.3 is 5.97 Å². The molecule has 5 nitrogen and oxygen atoms in total. The van der Waals surface area contributed by atoms with Crippen LogP contribution in [0, 0.1) is 12.3 Å². The number of aromatic nitrogens is 1. The Kier molecular flexibility index (Phi) is 3.31. The first kappa shape index (κ1) is 14.2. The molecule has 0 unspecified atom stereocenters. The Morgan fingerprint density at radius 1 is 1.47 bits per heavy atom. The number of esters is 1. The summed E-state index contributed by atoms with van der Waals surface area (Å²) in [6.07, 6.45) is 0.381. The highest BCUT2D eigenvalue weighted by Crippen LogP contribution is 2.64. The van der Waals surface area contributed by atoms with Crippen LogP contribution in [0.15, 0.2) is 6.07 Å². The fraction of sp³-hybridized carbons (Fsp3) is 0.500. The van der Waals surface area contributed by atoms with E-state index in [1.54, 1.807) is 19.9 Å². The molecule has 2 rings (SSSR count). The molecule has 0 bridgehead atoms. The van der Waals surface area contributed by atoms with Crippen LogP contribution in [0.5, 0.6) is 0 Å². The van der Waals surface area contributed by atoms with Crippen LogP contribution in [0.1, 0.15) is 29.5 Å². The summed E-state index contributed by atoms with van der Waals surface area (Å²) in [4.78, 5) is 26.5. The van der Waals surface area contributed by atoms with E-state index in [-0.39, 0.29) is 11.6 Å². The van der Waals surface area contributed by atoms with Crippen LogP contribution in [0.4, 0.5) is 5.69 Å². The largest absolute Gasteiger partial charge is 0.464 e. The minimum Gasteiger partial charge on any atom is -0.464 e. The Morgan fingerprint density at radius 2 is 2.05 bits per heavy atom. The van der Waals surface area contributed by atoms with Gasteiger partial charge in [-0.1, -0.05) is 0 Å². The number of hydrogen-bond donors (Lipinski definition) is 2. The predicted octanol–water partition coefficient (Wildman–Crippen LogP) is 2.63. The average Bonchev–Trinajstić information content (AvgIpc) is 2.67. The van der Waals surface area contributed by atoms with E-state index in [9.17, 15) is 9.59 Å². The van der Waals surface area contributed by atoms with Crippen LogP contribution in [-0.4, -0.2) is 28.3 Å². The second-order valence-corrected chi connectivity index (χ2v) is 6.38. The molecule has 1 aromatic heterocycles. The van der Waals surface area contributed by atoms with Crippen molar-refractivity contribution in [2.24, 2.45) is 5.41 Å². The summed E-state index contributed by atoms with van der Waals surface area (Å²) in [7, 11) is 1.27. The summed E-state index contributed by atoms with van der Waals surface area (Å²) in [6, 6.07) is 1.65. The quantitative estimate of drug-likeness (QED) is 0.666. The molecule has 19 heavy (non-hydrogen) atoms. The van der Waals surface area contributed by atoms with Crippen LogP contribution >= 0.6 is 23.2 Å². The number of carbonyl (C=O) groups excluding carboxylic acids is 2. The van der Waals surface area contributed by atoms with Gasteiger partial charge in [-0.2, -0.15) is 0 Å². The molecule has 1 aliphatic carbocycles. The second-order valence-electron chi connectivity index (χ2n) is 4.90. The zero-order valence-electron chi connectivity index (χ0n) is 10.8. The molecule has 0 aliphatic heterocycles. The fourth-order valence-corrected chi connectivity index (χ4v) is 2.56. The number of H-pyrrole nitrogens is 1. The minimum atomic E-state index is -1.05. The Bertz CT molecular complexity index is 553. The van der Waals surface area contributed by atoms with Gasteiger partial charge in [-0.3, -0.25) is 4.79 Å². The highest BCUT2D eigenvalue weighted by Gasteiger charge is 2.68. The number of nitrogens with one attached hydrogen (secondary N) is 2. The first-order valence-corrected chi connectivity index (χ1v) is 6.44. The molecule has 2 N–H and O–H groups in total. The van der Waals surface area contributed by atoms with Gasteiger partial charge in [-0.25, -0.2) is 4.79 Å². The standard InChI is InChI=1S/C12H14Cl2N2O3/c1-6-4-7(8(15-6)9(17)19-3)16-10(18)11(2)5-12(11,13)14/h4,15H,5H2,1-3H3,(H,16,18)/t11-/m0/s1. The highest BCUT2D eigenvalue weighted by atomic mass is 35.5. The second kappa shape index (κ2) is 4.42. The van der Waals surface area contributed by atoms with Crippen LogP contribution in [-0.2, 0) is 9.53 Å². The summed E-state index contributed by atoms with van der Waals surface area (Å²) < 4.78 is 3.59. The van der Waals surface area contributed by atoms with Gasteiger partial charge in [0.1, 0.15) is 10.0 Å². The third-order valence-corrected chi connectivity index (χ3v) is 4.45. The summed E-state index contributed by atoms with van der Waals surface area (Å²) >= 11 is 11.9. The summed E-state index contributed by atoms with van der Waals surface area (Å²) in [5, 5.41) is 2.66. The molecule has 0 saturated heterocycles. The number of aromatic amines is 1. The Balaban J connectivity index is 2.21. The molecule has 1 atom stereocenters. The molecule has 0 aromatic carbocycles. The monoisotopic (exact) mass is 304 g/mol. The molecule has 1 amide bonds. The average molecular weight is 305 g/mol. The van der Waals surface area contributed by atoms with Crippen molar-refractivity contribution in [2.45, 2.75) is 24.6 Å². The lowest BCUT2D eigenvalue weighted by Gasteiger charge is -2.12. The van der Waals surface area contributed by atoms with Gasteiger partial charge in [-0.05, 0) is 26.3 Å². The van der Waals surface area contributed by atoms with Gasteiger partial charge < -0.3 is 15.0 Å². The maximum atomic E-state index is 12.1. The molecule has 1 heterocycles.